The van der Waals surface area contributed by atoms with Gasteiger partial charge in [-0.2, -0.15) is 0 Å². The molecule has 4 rings (SSSR count). The summed E-state index contributed by atoms with van der Waals surface area (Å²) in [6.07, 6.45) is 5.71. The van der Waals surface area contributed by atoms with E-state index in [2.05, 4.69) is 68.6 Å². The SMILES string of the molecule is CC(C)(C)c1ccc([C@@H]2Nc3c(ccc(Cl)c3Cl)[C@H]3C=CC[C@@H]32)cc1. The monoisotopic (exact) mass is 371 g/mol. The van der Waals surface area contributed by atoms with Crippen LogP contribution in [0.15, 0.2) is 48.6 Å². The van der Waals surface area contributed by atoms with Gasteiger partial charge in [0, 0.05) is 5.92 Å². The van der Waals surface area contributed by atoms with Crippen molar-refractivity contribution >= 4 is 28.9 Å². The van der Waals surface area contributed by atoms with E-state index in [1.807, 2.05) is 6.07 Å². The number of fused-ring (bicyclic) bond motifs is 3. The molecule has 130 valence electrons. The zero-order chi connectivity index (χ0) is 17.8. The van der Waals surface area contributed by atoms with Crippen molar-refractivity contribution < 1.29 is 0 Å². The molecule has 3 atom stereocenters. The van der Waals surface area contributed by atoms with Crippen molar-refractivity contribution in [2.24, 2.45) is 5.92 Å². The van der Waals surface area contributed by atoms with Gasteiger partial charge in [-0.05, 0) is 40.5 Å². The van der Waals surface area contributed by atoms with E-state index < -0.39 is 0 Å². The molecule has 2 aliphatic rings. The second-order valence-corrected chi connectivity index (χ2v) is 8.96. The normalized spacial score (nSPS) is 24.6. The molecule has 2 aromatic rings. The lowest BCUT2D eigenvalue weighted by molar-refractivity contribution is 0.425. The molecule has 0 bridgehead atoms. The average Bonchev–Trinajstić information content (AvgIpc) is 3.06. The van der Waals surface area contributed by atoms with Crippen LogP contribution in [0.5, 0.6) is 0 Å². The number of nitrogens with one attached hydrogen (secondary N) is 1. The molecule has 0 radical (unpaired) electrons. The average molecular weight is 372 g/mol. The Balaban J connectivity index is 1.75. The molecule has 0 saturated heterocycles. The first-order valence-corrected chi connectivity index (χ1v) is 9.63. The number of benzene rings is 2. The van der Waals surface area contributed by atoms with Crippen molar-refractivity contribution in [2.45, 2.75) is 44.6 Å². The topological polar surface area (TPSA) is 12.0 Å². The Kier molecular flexibility index (Phi) is 4.13. The van der Waals surface area contributed by atoms with Crippen LogP contribution in [0.3, 0.4) is 0 Å². The van der Waals surface area contributed by atoms with E-state index in [0.717, 1.165) is 12.1 Å². The second-order valence-electron chi connectivity index (χ2n) is 8.17. The highest BCUT2D eigenvalue weighted by atomic mass is 35.5. The van der Waals surface area contributed by atoms with Gasteiger partial charge in [-0.15, -0.1) is 0 Å². The van der Waals surface area contributed by atoms with Gasteiger partial charge in [-0.1, -0.05) is 86.5 Å². The fourth-order valence-corrected chi connectivity index (χ4v) is 4.51. The van der Waals surface area contributed by atoms with Gasteiger partial charge in [0.1, 0.15) is 0 Å². The third-order valence-corrected chi connectivity index (χ3v) is 6.37. The zero-order valence-corrected chi connectivity index (χ0v) is 16.3. The lowest BCUT2D eigenvalue weighted by atomic mass is 9.76. The summed E-state index contributed by atoms with van der Waals surface area (Å²) in [5.74, 6) is 0.920. The molecule has 0 saturated carbocycles. The fraction of sp³-hybridized carbons (Fsp3) is 0.364. The number of rotatable bonds is 1. The molecule has 1 aliphatic carbocycles. The van der Waals surface area contributed by atoms with Crippen molar-refractivity contribution in [3.8, 4) is 0 Å². The van der Waals surface area contributed by atoms with Crippen molar-refractivity contribution in [1.82, 2.24) is 0 Å². The molecule has 1 nitrogen and oxygen atoms in total. The second kappa shape index (κ2) is 6.07. The van der Waals surface area contributed by atoms with Crippen molar-refractivity contribution in [1.29, 1.82) is 0 Å². The molecular weight excluding hydrogens is 349 g/mol. The van der Waals surface area contributed by atoms with Crippen LogP contribution >= 0.6 is 23.2 Å². The lowest BCUT2D eigenvalue weighted by Gasteiger charge is -2.38. The van der Waals surface area contributed by atoms with Gasteiger partial charge >= 0.3 is 0 Å². The lowest BCUT2D eigenvalue weighted by Crippen LogP contribution is -2.29. The first kappa shape index (κ1) is 17.0. The Bertz CT molecular complexity index is 830. The number of anilines is 1. The van der Waals surface area contributed by atoms with Crippen LogP contribution in [0.2, 0.25) is 10.0 Å². The summed E-state index contributed by atoms with van der Waals surface area (Å²) in [5, 5.41) is 4.94. The van der Waals surface area contributed by atoms with Gasteiger partial charge in [-0.3, -0.25) is 0 Å². The third-order valence-electron chi connectivity index (χ3n) is 5.56. The summed E-state index contributed by atoms with van der Waals surface area (Å²) in [4.78, 5) is 0. The first-order valence-electron chi connectivity index (χ1n) is 8.88. The molecule has 1 N–H and O–H groups in total. The smallest absolute Gasteiger partial charge is 0.0826 e. The Morgan fingerprint density at radius 3 is 2.40 bits per heavy atom. The van der Waals surface area contributed by atoms with Gasteiger partial charge in [0.15, 0.2) is 0 Å². The zero-order valence-electron chi connectivity index (χ0n) is 14.8. The van der Waals surface area contributed by atoms with Crippen LogP contribution < -0.4 is 5.32 Å². The van der Waals surface area contributed by atoms with Crippen LogP contribution in [-0.4, -0.2) is 0 Å². The molecule has 25 heavy (non-hydrogen) atoms. The molecule has 2 aromatic carbocycles. The van der Waals surface area contributed by atoms with Crippen LogP contribution in [0, 0.1) is 5.92 Å². The summed E-state index contributed by atoms with van der Waals surface area (Å²) < 4.78 is 0. The minimum absolute atomic E-state index is 0.166. The maximum Gasteiger partial charge on any atom is 0.0826 e. The molecule has 1 aliphatic heterocycles. The van der Waals surface area contributed by atoms with Crippen LogP contribution in [0.1, 0.15) is 55.8 Å². The molecular formula is C22H23Cl2N. The standard InChI is InChI=1S/C22H23Cl2N/c1-22(2,3)14-9-7-13(8-10-14)20-16-6-4-5-15(16)17-11-12-18(23)19(24)21(17)25-20/h4-5,7-12,15-16,20,25H,6H2,1-3H3/t15-,16-,20-/m0/s1. The summed E-state index contributed by atoms with van der Waals surface area (Å²) in [7, 11) is 0. The highest BCUT2D eigenvalue weighted by molar-refractivity contribution is 6.43. The maximum absolute atomic E-state index is 6.52. The summed E-state index contributed by atoms with van der Waals surface area (Å²) in [5.41, 5.74) is 5.09. The minimum atomic E-state index is 0.166. The van der Waals surface area contributed by atoms with Crippen molar-refractivity contribution in [3.63, 3.8) is 0 Å². The van der Waals surface area contributed by atoms with Crippen LogP contribution in [0.4, 0.5) is 5.69 Å². The largest absolute Gasteiger partial charge is 0.376 e. The predicted octanol–water partition coefficient (Wildman–Crippen LogP) is 7.12. The van der Waals surface area contributed by atoms with Gasteiger partial charge in [0.05, 0.1) is 21.8 Å². The van der Waals surface area contributed by atoms with E-state index in [4.69, 9.17) is 23.2 Å². The first-order chi connectivity index (χ1) is 11.9. The van der Waals surface area contributed by atoms with Crippen LogP contribution in [-0.2, 0) is 5.41 Å². The molecule has 0 fully saturated rings. The Morgan fingerprint density at radius 1 is 1.00 bits per heavy atom. The van der Waals surface area contributed by atoms with Gasteiger partial charge in [-0.25, -0.2) is 0 Å². The molecule has 0 aromatic heterocycles. The number of hydrogen-bond donors (Lipinski definition) is 1. The van der Waals surface area contributed by atoms with Gasteiger partial charge in [0.2, 0.25) is 0 Å². The molecule has 3 heteroatoms. The molecule has 0 spiro atoms. The van der Waals surface area contributed by atoms with E-state index in [1.165, 1.54) is 16.7 Å². The van der Waals surface area contributed by atoms with E-state index >= 15 is 0 Å². The highest BCUT2D eigenvalue weighted by Gasteiger charge is 2.39. The van der Waals surface area contributed by atoms with Crippen LogP contribution in [0.25, 0.3) is 0 Å². The maximum atomic E-state index is 6.52. The van der Waals surface area contributed by atoms with E-state index in [9.17, 15) is 0 Å². The summed E-state index contributed by atoms with van der Waals surface area (Å²) in [6, 6.07) is 13.3. The fourth-order valence-electron chi connectivity index (χ4n) is 4.12. The number of allylic oxidation sites excluding steroid dienone is 2. The number of halogens is 2. The summed E-state index contributed by atoms with van der Waals surface area (Å²) >= 11 is 12.8. The molecule has 0 unspecified atom stereocenters. The Hall–Kier alpha value is -1.44. The third kappa shape index (κ3) is 2.88. The summed E-state index contributed by atoms with van der Waals surface area (Å²) in [6.45, 7) is 6.74. The molecule has 0 amide bonds. The highest BCUT2D eigenvalue weighted by Crippen LogP contribution is 2.52. The minimum Gasteiger partial charge on any atom is -0.376 e. The van der Waals surface area contributed by atoms with Gasteiger partial charge in [0.25, 0.3) is 0 Å². The Labute approximate surface area is 160 Å². The quantitative estimate of drug-likeness (QED) is 0.526. The molecule has 1 heterocycles. The van der Waals surface area contributed by atoms with E-state index in [0.29, 0.717) is 21.9 Å². The Morgan fingerprint density at radius 2 is 1.72 bits per heavy atom. The van der Waals surface area contributed by atoms with E-state index in [1.54, 1.807) is 0 Å². The predicted molar refractivity (Wildman–Crippen MR) is 108 cm³/mol. The van der Waals surface area contributed by atoms with E-state index in [-0.39, 0.29) is 11.5 Å². The number of hydrogen-bond acceptors (Lipinski definition) is 1. The van der Waals surface area contributed by atoms with Gasteiger partial charge < -0.3 is 5.32 Å². The van der Waals surface area contributed by atoms with Crippen molar-refractivity contribution in [2.75, 3.05) is 5.32 Å². The van der Waals surface area contributed by atoms with Crippen molar-refractivity contribution in [3.05, 3.63) is 75.3 Å².